The number of likely N-dealkylation sites (tertiary alicyclic amines) is 1. The molecule has 4 heteroatoms. The number of piperidine rings is 1. The van der Waals surface area contributed by atoms with Crippen molar-refractivity contribution >= 4 is 0 Å². The van der Waals surface area contributed by atoms with Crippen molar-refractivity contribution in [1.29, 1.82) is 0 Å². The fraction of sp³-hybridized carbons (Fsp3) is 0.812. The minimum atomic E-state index is 0.506. The Hall–Kier alpha value is -0.870. The van der Waals surface area contributed by atoms with Gasteiger partial charge in [-0.1, -0.05) is 20.3 Å². The van der Waals surface area contributed by atoms with Gasteiger partial charge >= 0.3 is 0 Å². The maximum absolute atomic E-state index is 4.34. The Morgan fingerprint density at radius 1 is 1.20 bits per heavy atom. The predicted molar refractivity (Wildman–Crippen MR) is 83.8 cm³/mol. The van der Waals surface area contributed by atoms with Gasteiger partial charge in [-0.05, 0) is 45.3 Å². The summed E-state index contributed by atoms with van der Waals surface area (Å²) in [4.78, 5) is 6.94. The molecule has 20 heavy (non-hydrogen) atoms. The van der Waals surface area contributed by atoms with Crippen LogP contribution in [0.1, 0.15) is 51.8 Å². The number of rotatable bonds is 7. The average molecular weight is 278 g/mol. The van der Waals surface area contributed by atoms with Crippen molar-refractivity contribution in [2.24, 2.45) is 5.92 Å². The summed E-state index contributed by atoms with van der Waals surface area (Å²) in [6, 6.07) is 0.506. The van der Waals surface area contributed by atoms with Crippen LogP contribution >= 0.6 is 0 Å². The van der Waals surface area contributed by atoms with Gasteiger partial charge in [0, 0.05) is 25.3 Å². The molecule has 1 fully saturated rings. The second kappa shape index (κ2) is 7.79. The summed E-state index contributed by atoms with van der Waals surface area (Å²) in [5, 5.41) is 3.51. The van der Waals surface area contributed by atoms with E-state index in [1.807, 2.05) is 12.5 Å². The first-order chi connectivity index (χ1) is 9.66. The molecule has 1 aromatic rings. The number of imidazole rings is 1. The molecule has 0 saturated carbocycles. The van der Waals surface area contributed by atoms with Crippen LogP contribution in [-0.4, -0.2) is 40.6 Å². The molecular weight excluding hydrogens is 248 g/mol. The molecule has 0 radical (unpaired) electrons. The van der Waals surface area contributed by atoms with E-state index in [2.05, 4.69) is 40.5 Å². The van der Waals surface area contributed by atoms with Crippen molar-refractivity contribution in [2.75, 3.05) is 26.2 Å². The van der Waals surface area contributed by atoms with Crippen molar-refractivity contribution in [3.05, 3.63) is 18.2 Å². The van der Waals surface area contributed by atoms with E-state index in [-0.39, 0.29) is 0 Å². The molecule has 0 aromatic carbocycles. The maximum atomic E-state index is 4.34. The van der Waals surface area contributed by atoms with Gasteiger partial charge in [0.15, 0.2) is 0 Å². The fourth-order valence-corrected chi connectivity index (χ4v) is 2.96. The van der Waals surface area contributed by atoms with Gasteiger partial charge < -0.3 is 14.8 Å². The van der Waals surface area contributed by atoms with E-state index in [0.29, 0.717) is 12.0 Å². The fourth-order valence-electron chi connectivity index (χ4n) is 2.96. The number of aromatic nitrogens is 2. The van der Waals surface area contributed by atoms with Crippen molar-refractivity contribution in [1.82, 2.24) is 19.8 Å². The molecule has 1 aliphatic heterocycles. The summed E-state index contributed by atoms with van der Waals surface area (Å²) >= 11 is 0. The first-order valence-electron chi connectivity index (χ1n) is 8.10. The van der Waals surface area contributed by atoms with Gasteiger partial charge in [0.05, 0.1) is 12.0 Å². The minimum Gasteiger partial charge on any atom is -0.329 e. The highest BCUT2D eigenvalue weighted by atomic mass is 15.2. The third-order valence-corrected chi connectivity index (χ3v) is 4.05. The molecule has 1 aliphatic rings. The lowest BCUT2D eigenvalue weighted by Gasteiger charge is -2.30. The van der Waals surface area contributed by atoms with Crippen molar-refractivity contribution in [3.63, 3.8) is 0 Å². The molecule has 1 atom stereocenters. The van der Waals surface area contributed by atoms with E-state index in [0.717, 1.165) is 19.6 Å². The minimum absolute atomic E-state index is 0.506. The molecule has 0 amide bonds. The Bertz CT molecular complexity index is 380. The smallest absolute Gasteiger partial charge is 0.0951 e. The zero-order chi connectivity index (χ0) is 14.4. The molecule has 114 valence electrons. The lowest BCUT2D eigenvalue weighted by atomic mass is 10.1. The van der Waals surface area contributed by atoms with Gasteiger partial charge in [-0.2, -0.15) is 0 Å². The average Bonchev–Trinajstić information content (AvgIpc) is 2.88. The molecule has 1 N–H and O–H groups in total. The molecule has 1 aromatic heterocycles. The van der Waals surface area contributed by atoms with Crippen molar-refractivity contribution in [3.8, 4) is 0 Å². The molecule has 2 rings (SSSR count). The number of hydrogen-bond donors (Lipinski definition) is 1. The number of hydrogen-bond acceptors (Lipinski definition) is 3. The summed E-state index contributed by atoms with van der Waals surface area (Å²) in [5.41, 5.74) is 1.30. The van der Waals surface area contributed by atoms with Crippen LogP contribution in [-0.2, 0) is 6.54 Å². The summed E-state index contributed by atoms with van der Waals surface area (Å²) in [5.74, 6) is 0.692. The molecule has 1 unspecified atom stereocenters. The summed E-state index contributed by atoms with van der Waals surface area (Å²) in [7, 11) is 0. The topological polar surface area (TPSA) is 33.1 Å². The van der Waals surface area contributed by atoms with E-state index in [4.69, 9.17) is 0 Å². The van der Waals surface area contributed by atoms with E-state index < -0.39 is 0 Å². The zero-order valence-corrected chi connectivity index (χ0v) is 13.3. The van der Waals surface area contributed by atoms with Gasteiger partial charge in [-0.15, -0.1) is 0 Å². The van der Waals surface area contributed by atoms with E-state index >= 15 is 0 Å². The molecule has 0 spiro atoms. The normalized spacial score (nSPS) is 18.6. The third-order valence-electron chi connectivity index (χ3n) is 4.05. The summed E-state index contributed by atoms with van der Waals surface area (Å²) < 4.78 is 2.34. The van der Waals surface area contributed by atoms with Gasteiger partial charge in [0.25, 0.3) is 0 Å². The predicted octanol–water partition coefficient (Wildman–Crippen LogP) is 2.68. The van der Waals surface area contributed by atoms with Crippen LogP contribution in [0.15, 0.2) is 12.5 Å². The maximum Gasteiger partial charge on any atom is 0.0951 e. The van der Waals surface area contributed by atoms with Crippen LogP contribution < -0.4 is 5.32 Å². The van der Waals surface area contributed by atoms with Gasteiger partial charge in [-0.3, -0.25) is 0 Å². The van der Waals surface area contributed by atoms with Crippen molar-refractivity contribution in [2.45, 2.75) is 52.6 Å². The van der Waals surface area contributed by atoms with Crippen LogP contribution in [0.2, 0.25) is 0 Å². The first kappa shape index (κ1) is 15.5. The van der Waals surface area contributed by atoms with Crippen molar-refractivity contribution < 1.29 is 0 Å². The van der Waals surface area contributed by atoms with Crippen LogP contribution in [0.25, 0.3) is 0 Å². The number of nitrogens with zero attached hydrogens (tertiary/aromatic N) is 3. The second-order valence-electron chi connectivity index (χ2n) is 6.53. The lowest BCUT2D eigenvalue weighted by molar-refractivity contribution is 0.200. The molecule has 0 bridgehead atoms. The Balaban J connectivity index is 1.85. The molecule has 0 aliphatic carbocycles. The molecule has 1 saturated heterocycles. The van der Waals surface area contributed by atoms with E-state index in [9.17, 15) is 0 Å². The van der Waals surface area contributed by atoms with Crippen LogP contribution in [0.3, 0.4) is 0 Å². The molecular formula is C16H30N4. The lowest BCUT2D eigenvalue weighted by Crippen LogP contribution is -2.34. The van der Waals surface area contributed by atoms with Crippen LogP contribution in [0, 0.1) is 5.92 Å². The Morgan fingerprint density at radius 3 is 2.65 bits per heavy atom. The quantitative estimate of drug-likeness (QED) is 0.832. The highest BCUT2D eigenvalue weighted by Crippen LogP contribution is 2.15. The van der Waals surface area contributed by atoms with Gasteiger partial charge in [-0.25, -0.2) is 4.98 Å². The summed E-state index contributed by atoms with van der Waals surface area (Å²) in [6.07, 6.45) is 8.11. The Labute approximate surface area is 123 Å². The first-order valence-corrected chi connectivity index (χ1v) is 8.10. The highest BCUT2D eigenvalue weighted by molar-refractivity contribution is 5.00. The van der Waals surface area contributed by atoms with Gasteiger partial charge in [0.1, 0.15) is 0 Å². The highest BCUT2D eigenvalue weighted by Gasteiger charge is 2.16. The third kappa shape index (κ3) is 4.60. The summed E-state index contributed by atoms with van der Waals surface area (Å²) in [6.45, 7) is 12.4. The van der Waals surface area contributed by atoms with Crippen LogP contribution in [0.4, 0.5) is 0 Å². The molecule has 4 nitrogen and oxygen atoms in total. The standard InChI is InChI=1S/C16H30N4/c1-14(2)9-17-10-16-11-18-13-20(16)15(3)12-19-7-5-4-6-8-19/h11,13-15,17H,4-10,12H2,1-3H3. The van der Waals surface area contributed by atoms with Crippen LogP contribution in [0.5, 0.6) is 0 Å². The zero-order valence-electron chi connectivity index (χ0n) is 13.3. The molecule has 2 heterocycles. The van der Waals surface area contributed by atoms with E-state index in [1.165, 1.54) is 38.0 Å². The number of nitrogens with one attached hydrogen (secondary N) is 1. The monoisotopic (exact) mass is 278 g/mol. The largest absolute Gasteiger partial charge is 0.329 e. The second-order valence-corrected chi connectivity index (χ2v) is 6.53. The van der Waals surface area contributed by atoms with Gasteiger partial charge in [0.2, 0.25) is 0 Å². The SMILES string of the molecule is CC(C)CNCc1cncn1C(C)CN1CCCCC1. The Morgan fingerprint density at radius 2 is 1.95 bits per heavy atom. The van der Waals surface area contributed by atoms with E-state index in [1.54, 1.807) is 0 Å². The Kier molecular flexibility index (Phi) is 6.05.